The maximum atomic E-state index is 10.9. The molecule has 2 heterocycles. The second-order valence-corrected chi connectivity index (χ2v) is 3.64. The highest BCUT2D eigenvalue weighted by molar-refractivity contribution is 5.94. The molecule has 2 aromatic heterocycles. The SMILES string of the molecule is CC(C)c1ccn2ncc(C(=O)O)c2n1. The number of carbonyl (C=O) groups is 1. The summed E-state index contributed by atoms with van der Waals surface area (Å²) in [4.78, 5) is 15.1. The molecule has 0 spiro atoms. The van der Waals surface area contributed by atoms with Gasteiger partial charge in [-0.2, -0.15) is 5.10 Å². The highest BCUT2D eigenvalue weighted by Gasteiger charge is 2.13. The van der Waals surface area contributed by atoms with Crippen LogP contribution in [0.15, 0.2) is 18.5 Å². The van der Waals surface area contributed by atoms with Crippen LogP contribution in [-0.2, 0) is 0 Å². The summed E-state index contributed by atoms with van der Waals surface area (Å²) < 4.78 is 1.47. The molecular formula is C10H11N3O2. The van der Waals surface area contributed by atoms with Gasteiger partial charge >= 0.3 is 5.97 Å². The molecule has 2 rings (SSSR count). The summed E-state index contributed by atoms with van der Waals surface area (Å²) >= 11 is 0. The van der Waals surface area contributed by atoms with Crippen LogP contribution in [0, 0.1) is 0 Å². The highest BCUT2D eigenvalue weighted by atomic mass is 16.4. The van der Waals surface area contributed by atoms with E-state index in [2.05, 4.69) is 10.1 Å². The van der Waals surface area contributed by atoms with E-state index in [-0.39, 0.29) is 11.5 Å². The van der Waals surface area contributed by atoms with Crippen molar-refractivity contribution in [1.82, 2.24) is 14.6 Å². The van der Waals surface area contributed by atoms with Gasteiger partial charge in [-0.1, -0.05) is 13.8 Å². The monoisotopic (exact) mass is 205 g/mol. The maximum Gasteiger partial charge on any atom is 0.341 e. The van der Waals surface area contributed by atoms with E-state index in [0.717, 1.165) is 5.69 Å². The number of aromatic nitrogens is 3. The molecule has 0 radical (unpaired) electrons. The number of carboxylic acids is 1. The number of aromatic carboxylic acids is 1. The number of fused-ring (bicyclic) bond motifs is 1. The van der Waals surface area contributed by atoms with Crippen LogP contribution in [0.4, 0.5) is 0 Å². The molecule has 0 aromatic carbocycles. The van der Waals surface area contributed by atoms with E-state index < -0.39 is 5.97 Å². The fourth-order valence-corrected chi connectivity index (χ4v) is 1.36. The van der Waals surface area contributed by atoms with E-state index in [1.54, 1.807) is 6.20 Å². The minimum atomic E-state index is -1.00. The van der Waals surface area contributed by atoms with Crippen LogP contribution in [0.25, 0.3) is 5.65 Å². The minimum Gasteiger partial charge on any atom is -0.477 e. The van der Waals surface area contributed by atoms with E-state index >= 15 is 0 Å². The Kier molecular flexibility index (Phi) is 2.15. The largest absolute Gasteiger partial charge is 0.477 e. The molecule has 5 nitrogen and oxygen atoms in total. The molecule has 0 unspecified atom stereocenters. The van der Waals surface area contributed by atoms with Crippen LogP contribution in [-0.4, -0.2) is 25.7 Å². The van der Waals surface area contributed by atoms with E-state index in [1.165, 1.54) is 10.7 Å². The molecule has 0 saturated heterocycles. The van der Waals surface area contributed by atoms with Gasteiger partial charge < -0.3 is 5.11 Å². The molecule has 0 bridgehead atoms. The van der Waals surface area contributed by atoms with Crippen LogP contribution in [0.5, 0.6) is 0 Å². The summed E-state index contributed by atoms with van der Waals surface area (Å²) in [7, 11) is 0. The number of rotatable bonds is 2. The maximum absolute atomic E-state index is 10.9. The Bertz CT molecular complexity index is 516. The minimum absolute atomic E-state index is 0.137. The standard InChI is InChI=1S/C10H11N3O2/c1-6(2)8-3-4-13-9(12-8)7(5-11-13)10(14)15/h3-6H,1-2H3,(H,14,15). The quantitative estimate of drug-likeness (QED) is 0.807. The Morgan fingerprint density at radius 3 is 2.87 bits per heavy atom. The number of carboxylic acid groups (broad SMARTS) is 1. The molecule has 78 valence electrons. The van der Waals surface area contributed by atoms with Gasteiger partial charge in [0.2, 0.25) is 0 Å². The lowest BCUT2D eigenvalue weighted by atomic mass is 10.1. The van der Waals surface area contributed by atoms with E-state index in [1.807, 2.05) is 19.9 Å². The topological polar surface area (TPSA) is 67.5 Å². The van der Waals surface area contributed by atoms with Crippen LogP contribution >= 0.6 is 0 Å². The zero-order valence-corrected chi connectivity index (χ0v) is 8.51. The third-order valence-corrected chi connectivity index (χ3v) is 2.21. The van der Waals surface area contributed by atoms with Gasteiger partial charge in [0.05, 0.1) is 6.20 Å². The van der Waals surface area contributed by atoms with Crippen molar-refractivity contribution < 1.29 is 9.90 Å². The molecule has 0 fully saturated rings. The zero-order chi connectivity index (χ0) is 11.0. The summed E-state index contributed by atoms with van der Waals surface area (Å²) in [6.07, 6.45) is 3.04. The molecule has 15 heavy (non-hydrogen) atoms. The summed E-state index contributed by atoms with van der Waals surface area (Å²) in [5, 5.41) is 12.8. The number of nitrogens with zero attached hydrogens (tertiary/aromatic N) is 3. The first-order valence-electron chi connectivity index (χ1n) is 4.67. The summed E-state index contributed by atoms with van der Waals surface area (Å²) in [6, 6.07) is 1.84. The van der Waals surface area contributed by atoms with Gasteiger partial charge in [-0.15, -0.1) is 0 Å². The lowest BCUT2D eigenvalue weighted by Crippen LogP contribution is -2.01. The fraction of sp³-hybridized carbons (Fsp3) is 0.300. The first-order chi connectivity index (χ1) is 7.09. The van der Waals surface area contributed by atoms with Gasteiger partial charge in [-0.05, 0) is 12.0 Å². The molecule has 0 atom stereocenters. The molecular weight excluding hydrogens is 194 g/mol. The fourth-order valence-electron chi connectivity index (χ4n) is 1.36. The summed E-state index contributed by atoms with van der Waals surface area (Å²) in [5.41, 5.74) is 1.40. The van der Waals surface area contributed by atoms with Crippen LogP contribution in [0.2, 0.25) is 0 Å². The average molecular weight is 205 g/mol. The first-order valence-corrected chi connectivity index (χ1v) is 4.67. The summed E-state index contributed by atoms with van der Waals surface area (Å²) in [5.74, 6) is -0.732. The molecule has 2 aromatic rings. The smallest absolute Gasteiger partial charge is 0.341 e. The van der Waals surface area contributed by atoms with E-state index in [4.69, 9.17) is 5.11 Å². The van der Waals surface area contributed by atoms with Crippen molar-refractivity contribution in [3.8, 4) is 0 Å². The van der Waals surface area contributed by atoms with Crippen molar-refractivity contribution in [2.75, 3.05) is 0 Å². The molecule has 0 saturated carbocycles. The second kappa shape index (κ2) is 3.34. The predicted octanol–water partition coefficient (Wildman–Crippen LogP) is 1.55. The molecule has 0 aliphatic rings. The van der Waals surface area contributed by atoms with Crippen LogP contribution in [0.1, 0.15) is 35.8 Å². The average Bonchev–Trinajstić information content (AvgIpc) is 2.59. The van der Waals surface area contributed by atoms with Gasteiger partial charge in [0.25, 0.3) is 0 Å². The Balaban J connectivity index is 2.66. The van der Waals surface area contributed by atoms with Crippen molar-refractivity contribution >= 4 is 11.6 Å². The third kappa shape index (κ3) is 1.56. The molecule has 0 aliphatic carbocycles. The van der Waals surface area contributed by atoms with Crippen LogP contribution < -0.4 is 0 Å². The normalized spacial score (nSPS) is 11.1. The second-order valence-electron chi connectivity index (χ2n) is 3.64. The van der Waals surface area contributed by atoms with Gasteiger partial charge in [0.1, 0.15) is 5.56 Å². The van der Waals surface area contributed by atoms with Gasteiger partial charge in [0, 0.05) is 11.9 Å². The van der Waals surface area contributed by atoms with E-state index in [9.17, 15) is 4.79 Å². The lowest BCUT2D eigenvalue weighted by molar-refractivity contribution is 0.0699. The Hall–Kier alpha value is -1.91. The summed E-state index contributed by atoms with van der Waals surface area (Å²) in [6.45, 7) is 4.02. The van der Waals surface area contributed by atoms with Crippen molar-refractivity contribution in [2.24, 2.45) is 0 Å². The predicted molar refractivity (Wildman–Crippen MR) is 54.0 cm³/mol. The van der Waals surface area contributed by atoms with Gasteiger partial charge in [0.15, 0.2) is 5.65 Å². The Morgan fingerprint density at radius 1 is 1.53 bits per heavy atom. The third-order valence-electron chi connectivity index (χ3n) is 2.21. The molecule has 0 aliphatic heterocycles. The Morgan fingerprint density at radius 2 is 2.27 bits per heavy atom. The van der Waals surface area contributed by atoms with Crippen molar-refractivity contribution in [3.05, 3.63) is 29.7 Å². The molecule has 5 heteroatoms. The van der Waals surface area contributed by atoms with Gasteiger partial charge in [-0.3, -0.25) is 0 Å². The molecule has 0 amide bonds. The highest BCUT2D eigenvalue weighted by Crippen LogP contribution is 2.14. The number of hydrogen-bond acceptors (Lipinski definition) is 3. The van der Waals surface area contributed by atoms with Gasteiger partial charge in [-0.25, -0.2) is 14.3 Å². The number of hydrogen-bond donors (Lipinski definition) is 1. The van der Waals surface area contributed by atoms with Crippen molar-refractivity contribution in [1.29, 1.82) is 0 Å². The van der Waals surface area contributed by atoms with Crippen LogP contribution in [0.3, 0.4) is 0 Å². The van der Waals surface area contributed by atoms with Crippen molar-refractivity contribution in [2.45, 2.75) is 19.8 Å². The zero-order valence-electron chi connectivity index (χ0n) is 8.51. The van der Waals surface area contributed by atoms with E-state index in [0.29, 0.717) is 5.65 Å². The van der Waals surface area contributed by atoms with Crippen molar-refractivity contribution in [3.63, 3.8) is 0 Å². The first kappa shape index (κ1) is 9.64. The lowest BCUT2D eigenvalue weighted by Gasteiger charge is -2.03. The Labute approximate surface area is 86.4 Å². The molecule has 1 N–H and O–H groups in total.